The highest BCUT2D eigenvalue weighted by atomic mass is 16.6. The van der Waals surface area contributed by atoms with E-state index < -0.39 is 29.5 Å². The molecule has 1 amide bonds. The highest BCUT2D eigenvalue weighted by Gasteiger charge is 2.38. The van der Waals surface area contributed by atoms with Crippen LogP contribution in [0.5, 0.6) is 0 Å². The predicted molar refractivity (Wildman–Crippen MR) is 80.2 cm³/mol. The van der Waals surface area contributed by atoms with E-state index in [1.165, 1.54) is 4.90 Å². The zero-order chi connectivity index (χ0) is 17.2. The van der Waals surface area contributed by atoms with Crippen LogP contribution in [-0.4, -0.2) is 35.7 Å². The Bertz CT molecular complexity index is 657. The topological polar surface area (TPSA) is 93.5 Å². The van der Waals surface area contributed by atoms with Crippen LogP contribution in [0.4, 0.5) is 4.79 Å². The van der Waals surface area contributed by atoms with Gasteiger partial charge in [-0.3, -0.25) is 0 Å². The first-order chi connectivity index (χ1) is 10.7. The van der Waals surface area contributed by atoms with Gasteiger partial charge in [-0.25, -0.2) is 4.79 Å². The lowest BCUT2D eigenvalue weighted by Gasteiger charge is -2.24. The molecule has 122 valence electrons. The fraction of sp³-hybridized carbons (Fsp3) is 0.471. The molecule has 2 atom stereocenters. The SMILES string of the molecule is CC(C)(C)OC(=O)N1C[C@@H](C(=O)[O-])[C@H](c2cccc(C#N)c2)C1. The number of carbonyl (C=O) groups is 2. The molecule has 1 fully saturated rings. The molecular weight excluding hydrogens is 296 g/mol. The molecule has 23 heavy (non-hydrogen) atoms. The molecule has 6 heteroatoms. The number of ether oxygens (including phenoxy) is 1. The van der Waals surface area contributed by atoms with E-state index in [-0.39, 0.29) is 13.1 Å². The van der Waals surface area contributed by atoms with E-state index >= 15 is 0 Å². The number of carboxylic acids is 1. The average molecular weight is 315 g/mol. The second kappa shape index (κ2) is 6.29. The molecule has 0 spiro atoms. The van der Waals surface area contributed by atoms with E-state index in [0.29, 0.717) is 11.1 Å². The van der Waals surface area contributed by atoms with Gasteiger partial charge in [0.05, 0.1) is 11.6 Å². The van der Waals surface area contributed by atoms with Gasteiger partial charge in [0.1, 0.15) is 5.60 Å². The van der Waals surface area contributed by atoms with Gasteiger partial charge in [0, 0.05) is 30.9 Å². The first-order valence-corrected chi connectivity index (χ1v) is 7.40. The van der Waals surface area contributed by atoms with Crippen molar-refractivity contribution in [2.45, 2.75) is 32.3 Å². The molecule has 2 rings (SSSR count). The Morgan fingerprint density at radius 2 is 2.04 bits per heavy atom. The molecule has 0 unspecified atom stereocenters. The minimum atomic E-state index is -1.21. The summed E-state index contributed by atoms with van der Waals surface area (Å²) in [4.78, 5) is 25.0. The summed E-state index contributed by atoms with van der Waals surface area (Å²) in [5.74, 6) is -2.44. The van der Waals surface area contributed by atoms with Crippen molar-refractivity contribution in [2.24, 2.45) is 5.92 Å². The fourth-order valence-electron chi connectivity index (χ4n) is 2.69. The van der Waals surface area contributed by atoms with E-state index in [2.05, 4.69) is 0 Å². The summed E-state index contributed by atoms with van der Waals surface area (Å²) in [5.41, 5.74) is 0.520. The van der Waals surface area contributed by atoms with Gasteiger partial charge >= 0.3 is 6.09 Å². The van der Waals surface area contributed by atoms with Gasteiger partial charge in [-0.05, 0) is 38.5 Å². The third kappa shape index (κ3) is 4.01. The monoisotopic (exact) mass is 315 g/mol. The Hall–Kier alpha value is -2.55. The van der Waals surface area contributed by atoms with E-state index in [1.807, 2.05) is 6.07 Å². The lowest BCUT2D eigenvalue weighted by molar-refractivity contribution is -0.311. The van der Waals surface area contributed by atoms with Gasteiger partial charge in [-0.1, -0.05) is 12.1 Å². The maximum atomic E-state index is 12.2. The zero-order valence-corrected chi connectivity index (χ0v) is 13.4. The van der Waals surface area contributed by atoms with Crippen molar-refractivity contribution in [3.63, 3.8) is 0 Å². The summed E-state index contributed by atoms with van der Waals surface area (Å²) in [5, 5.41) is 20.4. The number of carboxylic acid groups (broad SMARTS) is 1. The van der Waals surface area contributed by atoms with Crippen LogP contribution < -0.4 is 5.11 Å². The normalized spacial score (nSPS) is 20.9. The first kappa shape index (κ1) is 16.8. The first-order valence-electron chi connectivity index (χ1n) is 7.40. The summed E-state index contributed by atoms with van der Waals surface area (Å²) < 4.78 is 5.30. The van der Waals surface area contributed by atoms with E-state index in [9.17, 15) is 14.7 Å². The zero-order valence-electron chi connectivity index (χ0n) is 13.4. The molecule has 1 saturated heterocycles. The van der Waals surface area contributed by atoms with Crippen molar-refractivity contribution in [1.29, 1.82) is 5.26 Å². The van der Waals surface area contributed by atoms with Crippen LogP contribution in [0.25, 0.3) is 0 Å². The molecule has 0 radical (unpaired) electrons. The van der Waals surface area contributed by atoms with Crippen molar-refractivity contribution < 1.29 is 19.4 Å². The van der Waals surface area contributed by atoms with Gasteiger partial charge in [-0.15, -0.1) is 0 Å². The predicted octanol–water partition coefficient (Wildman–Crippen LogP) is 1.26. The molecule has 1 aliphatic heterocycles. The van der Waals surface area contributed by atoms with Crippen LogP contribution in [0.3, 0.4) is 0 Å². The maximum absolute atomic E-state index is 12.2. The van der Waals surface area contributed by atoms with Crippen LogP contribution in [0.15, 0.2) is 24.3 Å². The number of likely N-dealkylation sites (tertiary alicyclic amines) is 1. The lowest BCUT2D eigenvalue weighted by Crippen LogP contribution is -2.38. The molecule has 0 saturated carbocycles. The van der Waals surface area contributed by atoms with Crippen LogP contribution in [0.1, 0.15) is 37.8 Å². The molecule has 0 aromatic heterocycles. The molecule has 0 N–H and O–H groups in total. The average Bonchev–Trinajstić information content (AvgIpc) is 2.91. The van der Waals surface area contributed by atoms with Crippen LogP contribution >= 0.6 is 0 Å². The molecule has 0 bridgehead atoms. The maximum Gasteiger partial charge on any atom is 0.410 e. The minimum absolute atomic E-state index is 0.0404. The number of nitriles is 1. The Morgan fingerprint density at radius 3 is 2.61 bits per heavy atom. The highest BCUT2D eigenvalue weighted by molar-refractivity contribution is 5.74. The summed E-state index contributed by atoms with van der Waals surface area (Å²) in [6.45, 7) is 5.53. The number of nitrogens with zero attached hydrogens (tertiary/aromatic N) is 2. The van der Waals surface area contributed by atoms with Crippen molar-refractivity contribution >= 4 is 12.1 Å². The van der Waals surface area contributed by atoms with E-state index in [0.717, 1.165) is 0 Å². The van der Waals surface area contributed by atoms with Crippen molar-refractivity contribution in [3.05, 3.63) is 35.4 Å². The summed E-state index contributed by atoms with van der Waals surface area (Å²) in [7, 11) is 0. The number of amides is 1. The third-order valence-electron chi connectivity index (χ3n) is 3.72. The minimum Gasteiger partial charge on any atom is -0.550 e. The number of carbonyl (C=O) groups excluding carboxylic acids is 2. The number of rotatable bonds is 2. The van der Waals surface area contributed by atoms with Crippen LogP contribution in [-0.2, 0) is 9.53 Å². The smallest absolute Gasteiger partial charge is 0.410 e. The van der Waals surface area contributed by atoms with E-state index in [4.69, 9.17) is 10.00 Å². The lowest BCUT2D eigenvalue weighted by atomic mass is 9.88. The fourth-order valence-corrected chi connectivity index (χ4v) is 2.69. The molecule has 1 heterocycles. The van der Waals surface area contributed by atoms with Gasteiger partial charge in [-0.2, -0.15) is 5.26 Å². The standard InChI is InChI=1S/C17H20N2O4/c1-17(2,3)23-16(22)19-9-13(14(10-19)15(20)21)12-6-4-5-11(7-12)8-18/h4-7,13-14H,9-10H2,1-3H3,(H,20,21)/p-1/t13-,14+/m0/s1. The number of aliphatic carboxylic acids is 1. The molecule has 1 aliphatic rings. The second-order valence-electron chi connectivity index (χ2n) is 6.65. The summed E-state index contributed by atoms with van der Waals surface area (Å²) >= 11 is 0. The molecule has 1 aromatic carbocycles. The molecule has 6 nitrogen and oxygen atoms in total. The summed E-state index contributed by atoms with van der Waals surface area (Å²) in [6.07, 6.45) is -0.539. The largest absolute Gasteiger partial charge is 0.550 e. The quantitative estimate of drug-likeness (QED) is 0.819. The third-order valence-corrected chi connectivity index (χ3v) is 3.72. The van der Waals surface area contributed by atoms with Crippen molar-refractivity contribution in [2.75, 3.05) is 13.1 Å². The Kier molecular flexibility index (Phi) is 4.60. The number of benzene rings is 1. The second-order valence-corrected chi connectivity index (χ2v) is 6.65. The van der Waals surface area contributed by atoms with Gasteiger partial charge < -0.3 is 19.5 Å². The number of hydrogen-bond acceptors (Lipinski definition) is 5. The number of hydrogen-bond donors (Lipinski definition) is 0. The van der Waals surface area contributed by atoms with Gasteiger partial charge in [0.2, 0.25) is 0 Å². The summed E-state index contributed by atoms with van der Waals surface area (Å²) in [6, 6.07) is 8.80. The van der Waals surface area contributed by atoms with Crippen LogP contribution in [0, 0.1) is 17.2 Å². The molecule has 1 aromatic rings. The van der Waals surface area contributed by atoms with Crippen molar-refractivity contribution in [1.82, 2.24) is 4.90 Å². The molecular formula is C17H19N2O4-. The Labute approximate surface area is 135 Å². The van der Waals surface area contributed by atoms with Gasteiger partial charge in [0.25, 0.3) is 0 Å². The van der Waals surface area contributed by atoms with E-state index in [1.54, 1.807) is 45.0 Å². The highest BCUT2D eigenvalue weighted by Crippen LogP contribution is 2.33. The van der Waals surface area contributed by atoms with Crippen molar-refractivity contribution in [3.8, 4) is 6.07 Å². The molecule has 0 aliphatic carbocycles. The Balaban J connectivity index is 2.23. The Morgan fingerprint density at radius 1 is 1.35 bits per heavy atom. The van der Waals surface area contributed by atoms with Gasteiger partial charge in [0.15, 0.2) is 0 Å². The van der Waals surface area contributed by atoms with Crippen LogP contribution in [0.2, 0.25) is 0 Å².